The van der Waals surface area contributed by atoms with Crippen LogP contribution in [0.4, 0.5) is 0 Å². The van der Waals surface area contributed by atoms with Crippen LogP contribution >= 0.6 is 0 Å². The molecular weight excluding hydrogens is 278 g/mol. The number of esters is 1. The van der Waals surface area contributed by atoms with Crippen LogP contribution in [0, 0.1) is 6.92 Å². The molecular formula is C18H23NO3. The summed E-state index contributed by atoms with van der Waals surface area (Å²) in [7, 11) is 0. The Balaban J connectivity index is 1.83. The third kappa shape index (κ3) is 4.72. The minimum atomic E-state index is -0.769. The number of carbonyl (C=O) groups excluding carboxylic acids is 2. The fraction of sp³-hybridized carbons (Fsp3) is 0.444. The molecule has 0 bridgehead atoms. The highest BCUT2D eigenvalue weighted by atomic mass is 16.5. The topological polar surface area (TPSA) is 55.4 Å². The Bertz CT molecular complexity index is 559. The van der Waals surface area contributed by atoms with Gasteiger partial charge in [-0.2, -0.15) is 0 Å². The molecule has 1 fully saturated rings. The fourth-order valence-electron chi connectivity index (χ4n) is 2.59. The van der Waals surface area contributed by atoms with Gasteiger partial charge in [-0.05, 0) is 43.9 Å². The summed E-state index contributed by atoms with van der Waals surface area (Å²) in [6.07, 6.45) is 6.63. The van der Waals surface area contributed by atoms with Gasteiger partial charge in [-0.15, -0.1) is 0 Å². The molecule has 0 radical (unpaired) electrons. The van der Waals surface area contributed by atoms with E-state index in [1.54, 1.807) is 13.0 Å². The number of hydrogen-bond donors (Lipinski definition) is 1. The number of rotatable bonds is 5. The van der Waals surface area contributed by atoms with Crippen molar-refractivity contribution in [2.24, 2.45) is 0 Å². The van der Waals surface area contributed by atoms with Gasteiger partial charge in [0.1, 0.15) is 0 Å². The summed E-state index contributed by atoms with van der Waals surface area (Å²) in [5, 5.41) is 2.93. The Hall–Kier alpha value is -2.10. The Kier molecular flexibility index (Phi) is 5.75. The van der Waals surface area contributed by atoms with Gasteiger partial charge in [0.15, 0.2) is 6.10 Å². The largest absolute Gasteiger partial charge is 0.449 e. The van der Waals surface area contributed by atoms with Gasteiger partial charge in [0, 0.05) is 12.1 Å². The van der Waals surface area contributed by atoms with E-state index >= 15 is 0 Å². The third-order valence-corrected chi connectivity index (χ3v) is 3.95. The highest BCUT2D eigenvalue weighted by Gasteiger charge is 2.22. The molecule has 0 unspecified atom stereocenters. The van der Waals surface area contributed by atoms with Gasteiger partial charge in [0.25, 0.3) is 5.91 Å². The van der Waals surface area contributed by atoms with E-state index in [0.717, 1.165) is 36.8 Å². The van der Waals surface area contributed by atoms with Crippen molar-refractivity contribution in [1.82, 2.24) is 5.32 Å². The van der Waals surface area contributed by atoms with Crippen LogP contribution in [-0.2, 0) is 14.3 Å². The van der Waals surface area contributed by atoms with Gasteiger partial charge in [0.05, 0.1) is 0 Å². The van der Waals surface area contributed by atoms with Crippen LogP contribution in [0.5, 0.6) is 0 Å². The predicted molar refractivity (Wildman–Crippen MR) is 86.2 cm³/mol. The molecule has 118 valence electrons. The molecule has 2 rings (SSSR count). The highest BCUT2D eigenvalue weighted by Crippen LogP contribution is 2.17. The summed E-state index contributed by atoms with van der Waals surface area (Å²) in [6, 6.07) is 7.99. The van der Waals surface area contributed by atoms with E-state index in [-0.39, 0.29) is 11.9 Å². The summed E-state index contributed by atoms with van der Waals surface area (Å²) >= 11 is 0. The van der Waals surface area contributed by atoms with Crippen molar-refractivity contribution in [3.8, 4) is 0 Å². The molecule has 1 N–H and O–H groups in total. The van der Waals surface area contributed by atoms with Crippen molar-refractivity contribution in [3.05, 3.63) is 41.5 Å². The van der Waals surface area contributed by atoms with E-state index in [4.69, 9.17) is 4.74 Å². The molecule has 0 aromatic heterocycles. The smallest absolute Gasteiger partial charge is 0.331 e. The molecule has 1 atom stereocenters. The summed E-state index contributed by atoms with van der Waals surface area (Å²) in [4.78, 5) is 23.7. The summed E-state index contributed by atoms with van der Waals surface area (Å²) < 4.78 is 5.15. The zero-order chi connectivity index (χ0) is 15.9. The summed E-state index contributed by atoms with van der Waals surface area (Å²) in [5.74, 6) is -0.720. The number of amides is 1. The van der Waals surface area contributed by atoms with Gasteiger partial charge in [-0.25, -0.2) is 4.79 Å². The standard InChI is InChI=1S/C18H23NO3/c1-13-7-3-4-8-15(13)11-12-17(20)22-14(2)18(21)19-16-9-5-6-10-16/h3-4,7-8,11-12,14,16H,5-6,9-10H2,1-2H3,(H,19,21)/b12-11+/t14-/m1/s1. The normalized spacial score (nSPS) is 16.6. The van der Waals surface area contributed by atoms with E-state index in [0.29, 0.717) is 0 Å². The van der Waals surface area contributed by atoms with Crippen molar-refractivity contribution in [1.29, 1.82) is 0 Å². The molecule has 1 aromatic carbocycles. The van der Waals surface area contributed by atoms with Crippen LogP contribution in [-0.4, -0.2) is 24.0 Å². The van der Waals surface area contributed by atoms with Crippen LogP contribution in [0.15, 0.2) is 30.3 Å². The molecule has 0 saturated heterocycles. The van der Waals surface area contributed by atoms with Crippen molar-refractivity contribution < 1.29 is 14.3 Å². The second kappa shape index (κ2) is 7.78. The molecule has 0 heterocycles. The van der Waals surface area contributed by atoms with Crippen molar-refractivity contribution >= 4 is 18.0 Å². The molecule has 1 aliphatic rings. The SMILES string of the molecule is Cc1ccccc1/C=C/C(=O)O[C@H](C)C(=O)NC1CCCC1. The molecule has 4 heteroatoms. The number of benzene rings is 1. The monoisotopic (exact) mass is 301 g/mol. The summed E-state index contributed by atoms with van der Waals surface area (Å²) in [6.45, 7) is 3.58. The average molecular weight is 301 g/mol. The number of aryl methyl sites for hydroxylation is 1. The van der Waals surface area contributed by atoms with E-state index in [2.05, 4.69) is 5.32 Å². The second-order valence-electron chi connectivity index (χ2n) is 5.76. The van der Waals surface area contributed by atoms with Crippen LogP contribution in [0.3, 0.4) is 0 Å². The molecule has 1 aromatic rings. The molecule has 0 spiro atoms. The number of carbonyl (C=O) groups is 2. The lowest BCUT2D eigenvalue weighted by Crippen LogP contribution is -2.40. The molecule has 0 aliphatic heterocycles. The van der Waals surface area contributed by atoms with Gasteiger partial charge >= 0.3 is 5.97 Å². The van der Waals surface area contributed by atoms with Crippen molar-refractivity contribution in [2.45, 2.75) is 51.7 Å². The molecule has 1 saturated carbocycles. The number of hydrogen-bond acceptors (Lipinski definition) is 3. The molecule has 1 aliphatic carbocycles. The lowest BCUT2D eigenvalue weighted by atomic mass is 10.1. The van der Waals surface area contributed by atoms with E-state index in [9.17, 15) is 9.59 Å². The second-order valence-corrected chi connectivity index (χ2v) is 5.76. The van der Waals surface area contributed by atoms with E-state index in [1.807, 2.05) is 31.2 Å². The van der Waals surface area contributed by atoms with Gasteiger partial charge in [-0.1, -0.05) is 37.1 Å². The number of nitrogens with one attached hydrogen (secondary N) is 1. The first-order valence-corrected chi connectivity index (χ1v) is 7.81. The van der Waals surface area contributed by atoms with Crippen LogP contribution in [0.2, 0.25) is 0 Å². The summed E-state index contributed by atoms with van der Waals surface area (Å²) in [5.41, 5.74) is 2.04. The lowest BCUT2D eigenvalue weighted by molar-refractivity contribution is -0.150. The Morgan fingerprint density at radius 1 is 1.27 bits per heavy atom. The first-order valence-electron chi connectivity index (χ1n) is 7.81. The first kappa shape index (κ1) is 16.3. The molecule has 4 nitrogen and oxygen atoms in total. The molecule has 22 heavy (non-hydrogen) atoms. The quantitative estimate of drug-likeness (QED) is 0.672. The zero-order valence-corrected chi connectivity index (χ0v) is 13.2. The van der Waals surface area contributed by atoms with Gasteiger partial charge in [0.2, 0.25) is 0 Å². The van der Waals surface area contributed by atoms with Crippen LogP contribution in [0.1, 0.15) is 43.7 Å². The van der Waals surface area contributed by atoms with Gasteiger partial charge in [-0.3, -0.25) is 4.79 Å². The van der Waals surface area contributed by atoms with Crippen LogP contribution in [0.25, 0.3) is 6.08 Å². The Labute approximate surface area is 131 Å². The maximum Gasteiger partial charge on any atom is 0.331 e. The van der Waals surface area contributed by atoms with E-state index in [1.165, 1.54) is 6.08 Å². The molecule has 1 amide bonds. The van der Waals surface area contributed by atoms with Crippen molar-refractivity contribution in [2.75, 3.05) is 0 Å². The maximum atomic E-state index is 12.0. The van der Waals surface area contributed by atoms with E-state index < -0.39 is 12.1 Å². The predicted octanol–water partition coefficient (Wildman–Crippen LogP) is 3.00. The Morgan fingerprint density at radius 3 is 2.64 bits per heavy atom. The minimum absolute atomic E-state index is 0.218. The van der Waals surface area contributed by atoms with Gasteiger partial charge < -0.3 is 10.1 Å². The Morgan fingerprint density at radius 2 is 1.95 bits per heavy atom. The highest BCUT2D eigenvalue weighted by molar-refractivity contribution is 5.90. The zero-order valence-electron chi connectivity index (χ0n) is 13.2. The average Bonchev–Trinajstić information content (AvgIpc) is 2.99. The first-order chi connectivity index (χ1) is 10.6. The van der Waals surface area contributed by atoms with Crippen LogP contribution < -0.4 is 5.32 Å². The fourth-order valence-corrected chi connectivity index (χ4v) is 2.59. The lowest BCUT2D eigenvalue weighted by Gasteiger charge is -2.16. The number of ether oxygens (including phenoxy) is 1. The minimum Gasteiger partial charge on any atom is -0.449 e. The van der Waals surface area contributed by atoms with Crippen molar-refractivity contribution in [3.63, 3.8) is 0 Å². The maximum absolute atomic E-state index is 12.0. The third-order valence-electron chi connectivity index (χ3n) is 3.95.